The Morgan fingerprint density at radius 2 is 1.57 bits per heavy atom. The molecule has 0 saturated carbocycles. The van der Waals surface area contributed by atoms with Crippen LogP contribution < -0.4 is 10.6 Å². The van der Waals surface area contributed by atoms with Crippen molar-refractivity contribution in [2.75, 3.05) is 43.4 Å². The predicted octanol–water partition coefficient (Wildman–Crippen LogP) is 2.60. The lowest BCUT2D eigenvalue weighted by Gasteiger charge is -2.34. The maximum absolute atomic E-state index is 12.7. The first kappa shape index (κ1) is 21.5. The van der Waals surface area contributed by atoms with E-state index in [1.54, 1.807) is 29.2 Å². The predicted molar refractivity (Wildman–Crippen MR) is 118 cm³/mol. The van der Waals surface area contributed by atoms with E-state index >= 15 is 0 Å². The van der Waals surface area contributed by atoms with Crippen molar-refractivity contribution in [1.29, 1.82) is 0 Å². The molecule has 0 spiro atoms. The van der Waals surface area contributed by atoms with Gasteiger partial charge in [0, 0.05) is 50.0 Å². The third-order valence-electron chi connectivity index (χ3n) is 5.15. The molecule has 0 radical (unpaired) electrons. The molecular formula is C23H28N4O3. The van der Waals surface area contributed by atoms with Crippen molar-refractivity contribution in [3.8, 4) is 0 Å². The molecule has 1 aliphatic heterocycles. The number of nitrogens with zero attached hydrogens (tertiary/aromatic N) is 2. The molecule has 1 fully saturated rings. The second-order valence-electron chi connectivity index (χ2n) is 7.39. The van der Waals surface area contributed by atoms with Gasteiger partial charge in [-0.25, -0.2) is 0 Å². The van der Waals surface area contributed by atoms with Gasteiger partial charge in [-0.3, -0.25) is 19.3 Å². The largest absolute Gasteiger partial charge is 0.336 e. The molecule has 1 aliphatic rings. The molecule has 0 atom stereocenters. The number of para-hydroxylation sites is 1. The molecule has 3 amide bonds. The molecule has 2 N–H and O–H groups in total. The average molecular weight is 409 g/mol. The van der Waals surface area contributed by atoms with Crippen LogP contribution in [0.1, 0.15) is 29.8 Å². The lowest BCUT2D eigenvalue weighted by molar-refractivity contribution is -0.117. The number of nitrogens with one attached hydrogen (secondary N) is 2. The Bertz CT molecular complexity index is 903. The summed E-state index contributed by atoms with van der Waals surface area (Å²) in [5, 5.41) is 5.69. The van der Waals surface area contributed by atoms with Crippen LogP contribution in [0, 0.1) is 0 Å². The van der Waals surface area contributed by atoms with Gasteiger partial charge in [0.25, 0.3) is 5.91 Å². The Hall–Kier alpha value is -3.19. The molecule has 3 rings (SSSR count). The molecule has 158 valence electrons. The van der Waals surface area contributed by atoms with Crippen molar-refractivity contribution in [2.24, 2.45) is 0 Å². The van der Waals surface area contributed by atoms with Gasteiger partial charge in [-0.15, -0.1) is 0 Å². The van der Waals surface area contributed by atoms with E-state index in [0.29, 0.717) is 44.0 Å². The lowest BCUT2D eigenvalue weighted by atomic mass is 10.1. The second kappa shape index (κ2) is 10.0. The van der Waals surface area contributed by atoms with Crippen molar-refractivity contribution in [1.82, 2.24) is 9.80 Å². The van der Waals surface area contributed by atoms with Crippen LogP contribution in [0.2, 0.25) is 0 Å². The molecule has 30 heavy (non-hydrogen) atoms. The first-order valence-electron chi connectivity index (χ1n) is 10.2. The molecule has 7 heteroatoms. The third kappa shape index (κ3) is 5.67. The first-order chi connectivity index (χ1) is 14.5. The fraction of sp³-hybridized carbons (Fsp3) is 0.348. The number of piperazine rings is 1. The Labute approximate surface area is 177 Å². The molecule has 0 bridgehead atoms. The zero-order valence-corrected chi connectivity index (χ0v) is 17.5. The number of hydrogen-bond acceptors (Lipinski definition) is 4. The minimum absolute atomic E-state index is 0.0367. The topological polar surface area (TPSA) is 81.8 Å². The Kier molecular flexibility index (Phi) is 7.19. The third-order valence-corrected chi connectivity index (χ3v) is 5.15. The number of anilines is 2. The van der Waals surface area contributed by atoms with Crippen LogP contribution in [0.3, 0.4) is 0 Å². The minimum Gasteiger partial charge on any atom is -0.336 e. The smallest absolute Gasteiger partial charge is 0.253 e. The van der Waals surface area contributed by atoms with Gasteiger partial charge in [-0.05, 0) is 42.3 Å². The van der Waals surface area contributed by atoms with E-state index in [2.05, 4.69) is 22.5 Å². The number of rotatable bonds is 6. The van der Waals surface area contributed by atoms with Gasteiger partial charge in [0.2, 0.25) is 11.8 Å². The van der Waals surface area contributed by atoms with Crippen molar-refractivity contribution >= 4 is 29.1 Å². The van der Waals surface area contributed by atoms with Gasteiger partial charge in [-0.1, -0.05) is 25.1 Å². The Balaban J connectivity index is 1.49. The van der Waals surface area contributed by atoms with Gasteiger partial charge in [0.1, 0.15) is 0 Å². The summed E-state index contributed by atoms with van der Waals surface area (Å²) in [5.41, 5.74) is 3.23. The Morgan fingerprint density at radius 1 is 0.900 bits per heavy atom. The van der Waals surface area contributed by atoms with Gasteiger partial charge in [-0.2, -0.15) is 0 Å². The van der Waals surface area contributed by atoms with Crippen LogP contribution in [-0.4, -0.2) is 60.2 Å². The highest BCUT2D eigenvalue weighted by atomic mass is 16.2. The van der Waals surface area contributed by atoms with E-state index < -0.39 is 0 Å². The molecular weight excluding hydrogens is 380 g/mol. The van der Waals surface area contributed by atoms with Crippen LogP contribution >= 0.6 is 0 Å². The standard InChI is InChI=1S/C23H28N4O3/c1-3-18-6-4-5-7-21(18)25-22(29)16-26-12-14-27(15-13-26)23(30)19-8-10-20(11-9-19)24-17(2)28/h4-11H,3,12-16H2,1-2H3,(H,24,28)(H,25,29). The molecule has 1 heterocycles. The quantitative estimate of drug-likeness (QED) is 0.770. The van der Waals surface area contributed by atoms with Crippen molar-refractivity contribution < 1.29 is 14.4 Å². The molecule has 0 aromatic heterocycles. The number of amides is 3. The lowest BCUT2D eigenvalue weighted by Crippen LogP contribution is -2.50. The SMILES string of the molecule is CCc1ccccc1NC(=O)CN1CCN(C(=O)c2ccc(NC(C)=O)cc2)CC1. The Morgan fingerprint density at radius 3 is 2.20 bits per heavy atom. The van der Waals surface area contributed by atoms with E-state index in [9.17, 15) is 14.4 Å². The summed E-state index contributed by atoms with van der Waals surface area (Å²) in [6.45, 7) is 6.27. The zero-order valence-electron chi connectivity index (χ0n) is 17.5. The highest BCUT2D eigenvalue weighted by molar-refractivity contribution is 5.96. The van der Waals surface area contributed by atoms with Gasteiger partial charge in [0.05, 0.1) is 6.54 Å². The summed E-state index contributed by atoms with van der Waals surface area (Å²) in [4.78, 5) is 40.1. The normalized spacial score (nSPS) is 14.3. The van der Waals surface area contributed by atoms with Crippen molar-refractivity contribution in [3.63, 3.8) is 0 Å². The molecule has 0 aliphatic carbocycles. The van der Waals surface area contributed by atoms with Crippen molar-refractivity contribution in [2.45, 2.75) is 20.3 Å². The number of aryl methyl sites for hydroxylation is 1. The first-order valence-corrected chi connectivity index (χ1v) is 10.2. The summed E-state index contributed by atoms with van der Waals surface area (Å²) in [5.74, 6) is -0.220. The summed E-state index contributed by atoms with van der Waals surface area (Å²) in [7, 11) is 0. The van der Waals surface area contributed by atoms with E-state index in [1.807, 2.05) is 24.3 Å². The van der Waals surface area contributed by atoms with E-state index in [1.165, 1.54) is 6.92 Å². The van der Waals surface area contributed by atoms with E-state index in [-0.39, 0.29) is 17.7 Å². The molecule has 1 saturated heterocycles. The van der Waals surface area contributed by atoms with Crippen LogP contribution in [0.5, 0.6) is 0 Å². The fourth-order valence-corrected chi connectivity index (χ4v) is 3.53. The van der Waals surface area contributed by atoms with Crippen molar-refractivity contribution in [3.05, 3.63) is 59.7 Å². The number of carbonyl (C=O) groups is 3. The van der Waals surface area contributed by atoms with Gasteiger partial charge < -0.3 is 15.5 Å². The fourth-order valence-electron chi connectivity index (χ4n) is 3.53. The van der Waals surface area contributed by atoms with E-state index in [4.69, 9.17) is 0 Å². The molecule has 2 aromatic carbocycles. The molecule has 0 unspecified atom stereocenters. The average Bonchev–Trinajstić information content (AvgIpc) is 2.74. The summed E-state index contributed by atoms with van der Waals surface area (Å²) in [6, 6.07) is 14.7. The van der Waals surface area contributed by atoms with Crippen LogP contribution in [0.25, 0.3) is 0 Å². The van der Waals surface area contributed by atoms with Crippen LogP contribution in [-0.2, 0) is 16.0 Å². The molecule has 2 aromatic rings. The summed E-state index contributed by atoms with van der Waals surface area (Å²) < 4.78 is 0. The highest BCUT2D eigenvalue weighted by Crippen LogP contribution is 2.16. The summed E-state index contributed by atoms with van der Waals surface area (Å²) >= 11 is 0. The van der Waals surface area contributed by atoms with Crippen LogP contribution in [0.4, 0.5) is 11.4 Å². The highest BCUT2D eigenvalue weighted by Gasteiger charge is 2.23. The minimum atomic E-state index is -0.146. The van der Waals surface area contributed by atoms with Gasteiger partial charge >= 0.3 is 0 Å². The number of carbonyl (C=O) groups excluding carboxylic acids is 3. The van der Waals surface area contributed by atoms with Crippen LogP contribution in [0.15, 0.2) is 48.5 Å². The molecule has 7 nitrogen and oxygen atoms in total. The summed E-state index contributed by atoms with van der Waals surface area (Å²) in [6.07, 6.45) is 0.864. The van der Waals surface area contributed by atoms with E-state index in [0.717, 1.165) is 17.7 Å². The second-order valence-corrected chi connectivity index (χ2v) is 7.39. The number of benzene rings is 2. The maximum Gasteiger partial charge on any atom is 0.253 e. The zero-order chi connectivity index (χ0) is 21.5. The maximum atomic E-state index is 12.7. The number of hydrogen-bond donors (Lipinski definition) is 2. The van der Waals surface area contributed by atoms with Gasteiger partial charge in [0.15, 0.2) is 0 Å². The monoisotopic (exact) mass is 408 g/mol.